The summed E-state index contributed by atoms with van der Waals surface area (Å²) in [6.45, 7) is 4.77. The van der Waals surface area contributed by atoms with Gasteiger partial charge in [-0.05, 0) is 38.8 Å². The average Bonchev–Trinajstić information content (AvgIpc) is 3.50. The van der Waals surface area contributed by atoms with E-state index in [0.717, 1.165) is 15.8 Å². The first-order valence-corrected chi connectivity index (χ1v) is 11.9. The molecule has 0 bridgehead atoms. The molecule has 1 fully saturated rings. The molecule has 0 N–H and O–H groups in total. The number of nitrogens with zero attached hydrogens (tertiary/aromatic N) is 6. The van der Waals surface area contributed by atoms with Gasteiger partial charge in [-0.15, -0.1) is 5.10 Å². The first-order valence-electron chi connectivity index (χ1n) is 11.9. The van der Waals surface area contributed by atoms with Gasteiger partial charge >= 0.3 is 11.7 Å². The molecule has 4 aromatic rings. The summed E-state index contributed by atoms with van der Waals surface area (Å²) in [6, 6.07) is 11.2. The summed E-state index contributed by atoms with van der Waals surface area (Å²) in [5.74, 6) is -0.00590. The van der Waals surface area contributed by atoms with Crippen molar-refractivity contribution >= 4 is 17.5 Å². The van der Waals surface area contributed by atoms with Crippen molar-refractivity contribution < 1.29 is 18.8 Å². The number of hydrogen-bond donors (Lipinski definition) is 0. The molecule has 1 saturated heterocycles. The number of rotatable bonds is 6. The molecule has 11 heteroatoms. The van der Waals surface area contributed by atoms with E-state index >= 15 is 0 Å². The Morgan fingerprint density at radius 2 is 1.89 bits per heavy atom. The minimum Gasteiger partial charge on any atom is -0.466 e. The maximum absolute atomic E-state index is 13.0. The highest BCUT2D eigenvalue weighted by molar-refractivity contribution is 5.77. The second-order valence-electron chi connectivity index (χ2n) is 8.75. The Labute approximate surface area is 206 Å². The molecule has 1 aromatic carbocycles. The Balaban J connectivity index is 1.35. The van der Waals surface area contributed by atoms with Crippen molar-refractivity contribution in [2.75, 3.05) is 19.7 Å². The summed E-state index contributed by atoms with van der Waals surface area (Å²) in [5.41, 5.74) is 2.29. The molecule has 0 saturated carbocycles. The van der Waals surface area contributed by atoms with Gasteiger partial charge in [-0.25, -0.2) is 13.9 Å². The molecule has 0 aliphatic carbocycles. The van der Waals surface area contributed by atoms with Crippen molar-refractivity contribution in [3.63, 3.8) is 0 Å². The van der Waals surface area contributed by atoms with Crippen LogP contribution in [-0.4, -0.2) is 60.8 Å². The van der Waals surface area contributed by atoms with E-state index in [0.29, 0.717) is 49.6 Å². The topological polar surface area (TPSA) is 125 Å². The fraction of sp³-hybridized carbons (Fsp3) is 0.360. The molecule has 0 spiro atoms. The predicted molar refractivity (Wildman–Crippen MR) is 129 cm³/mol. The van der Waals surface area contributed by atoms with Gasteiger partial charge in [-0.2, -0.15) is 4.98 Å². The molecular weight excluding hydrogens is 464 g/mol. The molecule has 4 heterocycles. The molecule has 3 aromatic heterocycles. The Bertz CT molecular complexity index is 1460. The van der Waals surface area contributed by atoms with Crippen molar-refractivity contribution in [3.05, 3.63) is 58.6 Å². The van der Waals surface area contributed by atoms with Gasteiger partial charge in [-0.1, -0.05) is 35.0 Å². The average molecular weight is 491 g/mol. The van der Waals surface area contributed by atoms with Crippen LogP contribution in [0.4, 0.5) is 0 Å². The molecule has 1 aliphatic heterocycles. The summed E-state index contributed by atoms with van der Waals surface area (Å²) in [5, 5.41) is 8.47. The van der Waals surface area contributed by atoms with Gasteiger partial charge in [0.2, 0.25) is 11.7 Å². The summed E-state index contributed by atoms with van der Waals surface area (Å²) >= 11 is 0. The summed E-state index contributed by atoms with van der Waals surface area (Å²) in [4.78, 5) is 44.0. The number of aromatic nitrogens is 5. The van der Waals surface area contributed by atoms with E-state index in [1.807, 2.05) is 31.2 Å². The predicted octanol–water partition coefficient (Wildman–Crippen LogP) is 2.32. The fourth-order valence-corrected chi connectivity index (χ4v) is 4.31. The van der Waals surface area contributed by atoms with Crippen LogP contribution in [0.3, 0.4) is 0 Å². The van der Waals surface area contributed by atoms with Crippen LogP contribution in [-0.2, 0) is 20.9 Å². The third-order valence-electron chi connectivity index (χ3n) is 6.33. The van der Waals surface area contributed by atoms with Gasteiger partial charge in [0.05, 0.1) is 18.1 Å². The van der Waals surface area contributed by atoms with Gasteiger partial charge in [-0.3, -0.25) is 9.59 Å². The number of fused-ring (bicyclic) bond motifs is 1. The second kappa shape index (κ2) is 9.76. The number of benzene rings is 1. The van der Waals surface area contributed by atoms with Gasteiger partial charge in [0, 0.05) is 24.8 Å². The molecule has 1 amide bonds. The Hall–Kier alpha value is -4.28. The minimum atomic E-state index is -0.445. The zero-order chi connectivity index (χ0) is 25.2. The highest BCUT2D eigenvalue weighted by Crippen LogP contribution is 2.25. The molecule has 0 radical (unpaired) electrons. The van der Waals surface area contributed by atoms with Crippen LogP contribution >= 0.6 is 0 Å². The molecule has 36 heavy (non-hydrogen) atoms. The third-order valence-corrected chi connectivity index (χ3v) is 6.33. The van der Waals surface area contributed by atoms with Crippen molar-refractivity contribution in [2.45, 2.75) is 33.2 Å². The van der Waals surface area contributed by atoms with E-state index in [4.69, 9.17) is 9.26 Å². The van der Waals surface area contributed by atoms with E-state index in [2.05, 4.69) is 15.2 Å². The standard InChI is InChI=1S/C25H26N6O5/c1-3-35-24(33)18-10-13-29(14-11-18)20(32)15-31-25(34)30-12-4-5-19(22(30)27-31)23-26-21(28-36-23)17-8-6-16(2)7-9-17/h4-9,12,18H,3,10-11,13-15H2,1-2H3. The van der Waals surface area contributed by atoms with E-state index in [1.54, 1.807) is 30.2 Å². The highest BCUT2D eigenvalue weighted by atomic mass is 16.5. The van der Waals surface area contributed by atoms with Crippen LogP contribution in [0.15, 0.2) is 51.9 Å². The first kappa shape index (κ1) is 23.5. The summed E-state index contributed by atoms with van der Waals surface area (Å²) in [6.07, 6.45) is 2.65. The van der Waals surface area contributed by atoms with Crippen molar-refractivity contribution in [1.82, 2.24) is 29.2 Å². The normalized spacial score (nSPS) is 14.3. The monoisotopic (exact) mass is 490 g/mol. The Kier molecular flexibility index (Phi) is 6.36. The number of ether oxygens (including phenoxy) is 1. The number of hydrogen-bond acceptors (Lipinski definition) is 8. The van der Waals surface area contributed by atoms with Crippen molar-refractivity contribution in [1.29, 1.82) is 0 Å². The lowest BCUT2D eigenvalue weighted by Gasteiger charge is -2.30. The van der Waals surface area contributed by atoms with Gasteiger partial charge in [0.1, 0.15) is 6.54 Å². The number of pyridine rings is 1. The van der Waals surface area contributed by atoms with Crippen LogP contribution in [0.1, 0.15) is 25.3 Å². The number of carbonyl (C=O) groups is 2. The highest BCUT2D eigenvalue weighted by Gasteiger charge is 2.29. The number of esters is 1. The Morgan fingerprint density at radius 3 is 2.61 bits per heavy atom. The number of carbonyl (C=O) groups excluding carboxylic acids is 2. The zero-order valence-corrected chi connectivity index (χ0v) is 20.1. The number of likely N-dealkylation sites (tertiary alicyclic amines) is 1. The second-order valence-corrected chi connectivity index (χ2v) is 8.75. The van der Waals surface area contributed by atoms with Crippen LogP contribution in [0, 0.1) is 12.8 Å². The lowest BCUT2D eigenvalue weighted by atomic mass is 9.97. The van der Waals surface area contributed by atoms with E-state index in [9.17, 15) is 14.4 Å². The van der Waals surface area contributed by atoms with Crippen LogP contribution < -0.4 is 5.69 Å². The smallest absolute Gasteiger partial charge is 0.350 e. The molecular formula is C25H26N6O5. The lowest BCUT2D eigenvalue weighted by Crippen LogP contribution is -2.43. The molecule has 0 atom stereocenters. The maximum atomic E-state index is 13.0. The van der Waals surface area contributed by atoms with Gasteiger partial charge < -0.3 is 14.2 Å². The number of aryl methyl sites for hydroxylation is 1. The molecule has 5 rings (SSSR count). The van der Waals surface area contributed by atoms with E-state index < -0.39 is 5.69 Å². The number of amides is 1. The minimum absolute atomic E-state index is 0.200. The van der Waals surface area contributed by atoms with E-state index in [-0.39, 0.29) is 30.2 Å². The zero-order valence-electron chi connectivity index (χ0n) is 20.1. The quantitative estimate of drug-likeness (QED) is 0.377. The maximum Gasteiger partial charge on any atom is 0.350 e. The molecule has 186 valence electrons. The van der Waals surface area contributed by atoms with Crippen LogP contribution in [0.5, 0.6) is 0 Å². The SMILES string of the molecule is CCOC(=O)C1CCN(C(=O)Cn2nc3c(-c4nc(-c5ccc(C)cc5)no4)cccn3c2=O)CC1. The van der Waals surface area contributed by atoms with Crippen LogP contribution in [0.25, 0.3) is 28.5 Å². The number of piperidine rings is 1. The molecule has 0 unspecified atom stereocenters. The molecule has 1 aliphatic rings. The summed E-state index contributed by atoms with van der Waals surface area (Å²) in [7, 11) is 0. The molecule has 11 nitrogen and oxygen atoms in total. The van der Waals surface area contributed by atoms with Crippen molar-refractivity contribution in [2.24, 2.45) is 5.92 Å². The summed E-state index contributed by atoms with van der Waals surface area (Å²) < 4.78 is 13.0. The first-order chi connectivity index (χ1) is 17.4. The largest absolute Gasteiger partial charge is 0.466 e. The van der Waals surface area contributed by atoms with Crippen LogP contribution in [0.2, 0.25) is 0 Å². The van der Waals surface area contributed by atoms with Gasteiger partial charge in [0.25, 0.3) is 5.89 Å². The third kappa shape index (κ3) is 4.51. The van der Waals surface area contributed by atoms with Gasteiger partial charge in [0.15, 0.2) is 5.65 Å². The lowest BCUT2D eigenvalue weighted by molar-refractivity contribution is -0.151. The fourth-order valence-electron chi connectivity index (χ4n) is 4.31. The Morgan fingerprint density at radius 1 is 1.14 bits per heavy atom. The van der Waals surface area contributed by atoms with E-state index in [1.165, 1.54) is 4.40 Å². The van der Waals surface area contributed by atoms with Crippen molar-refractivity contribution in [3.8, 4) is 22.8 Å².